The number of hydrogen-bond donors (Lipinski definition) is 2. The Bertz CT molecular complexity index is 1020. The lowest BCUT2D eigenvalue weighted by molar-refractivity contribution is -0.718. The summed E-state index contributed by atoms with van der Waals surface area (Å²) in [4.78, 5) is 19.8. The van der Waals surface area contributed by atoms with Crippen LogP contribution in [-0.4, -0.2) is 9.97 Å². The quantitative estimate of drug-likeness (QED) is 0.671. The lowest BCUT2D eigenvalue weighted by Gasteiger charge is -2.22. The number of aromatic nitrogens is 2. The Morgan fingerprint density at radius 1 is 1.11 bits per heavy atom. The molecule has 0 amide bonds. The second kappa shape index (κ2) is 8.06. The molecular weight excluding hydrogens is 370 g/mol. The third kappa shape index (κ3) is 4.62. The molecule has 0 radical (unpaired) electrons. The maximum absolute atomic E-state index is 12.3. The molecule has 1 atom stereocenters. The number of fused-ring (bicyclic) bond motifs is 1. The van der Waals surface area contributed by atoms with Crippen LogP contribution in [-0.2, 0) is 12.0 Å². The first-order valence-corrected chi connectivity index (χ1v) is 10.1. The zero-order chi connectivity index (χ0) is 20.5. The molecule has 3 N–H and O–H groups in total. The standard InChI is InChI=1S/C23H28ClN3O/c1-14(2)21(15-6-8-16(9-7-15)23(3,4)5)25-13-20-26-19-12-17(24)10-11-18(19)22(28)27-20/h6-12,14,21,25H,13H2,1-5H3,(H,26,27,28)/p+1/t21-/m0/s1. The summed E-state index contributed by atoms with van der Waals surface area (Å²) in [5.41, 5.74) is 3.27. The minimum absolute atomic E-state index is 0.124. The van der Waals surface area contributed by atoms with E-state index < -0.39 is 0 Å². The third-order valence-corrected chi connectivity index (χ3v) is 5.40. The molecule has 0 saturated carbocycles. The number of H-pyrrole nitrogens is 1. The van der Waals surface area contributed by atoms with Crippen LogP contribution in [0.2, 0.25) is 5.02 Å². The van der Waals surface area contributed by atoms with Gasteiger partial charge in [0, 0.05) is 16.5 Å². The first-order chi connectivity index (χ1) is 13.1. The largest absolute Gasteiger partial charge is 0.334 e. The Kier molecular flexibility index (Phi) is 5.92. The maximum Gasteiger partial charge on any atom is 0.258 e. The Labute approximate surface area is 171 Å². The summed E-state index contributed by atoms with van der Waals surface area (Å²) in [6, 6.07) is 14.3. The molecule has 0 saturated heterocycles. The SMILES string of the molecule is CC(C)[C@H]([NH2+]Cc1nc2cc(Cl)ccc2c(=O)[nH]1)c1ccc(C(C)(C)C)cc1. The summed E-state index contributed by atoms with van der Waals surface area (Å²) in [7, 11) is 0. The van der Waals surface area contributed by atoms with Crippen molar-refractivity contribution in [1.29, 1.82) is 0 Å². The number of quaternary nitrogens is 1. The van der Waals surface area contributed by atoms with Crippen LogP contribution in [0.25, 0.3) is 10.9 Å². The van der Waals surface area contributed by atoms with Crippen molar-refractivity contribution in [1.82, 2.24) is 9.97 Å². The van der Waals surface area contributed by atoms with E-state index in [2.05, 4.69) is 74.2 Å². The van der Waals surface area contributed by atoms with Gasteiger partial charge in [0.25, 0.3) is 5.56 Å². The van der Waals surface area contributed by atoms with Crippen LogP contribution >= 0.6 is 11.6 Å². The summed E-state index contributed by atoms with van der Waals surface area (Å²) in [6.07, 6.45) is 0. The van der Waals surface area contributed by atoms with Gasteiger partial charge in [-0.2, -0.15) is 0 Å². The molecule has 2 aromatic carbocycles. The fraction of sp³-hybridized carbons (Fsp3) is 0.391. The van der Waals surface area contributed by atoms with E-state index in [-0.39, 0.29) is 17.0 Å². The van der Waals surface area contributed by atoms with Crippen molar-refractivity contribution in [3.8, 4) is 0 Å². The Morgan fingerprint density at radius 2 is 1.79 bits per heavy atom. The lowest BCUT2D eigenvalue weighted by Crippen LogP contribution is -2.85. The molecule has 1 heterocycles. The predicted octanol–water partition coefficient (Wildman–Crippen LogP) is 4.33. The topological polar surface area (TPSA) is 62.4 Å². The van der Waals surface area contributed by atoms with Gasteiger partial charge in [0.15, 0.2) is 5.82 Å². The highest BCUT2D eigenvalue weighted by atomic mass is 35.5. The number of benzene rings is 2. The van der Waals surface area contributed by atoms with Crippen molar-refractivity contribution in [3.63, 3.8) is 0 Å². The van der Waals surface area contributed by atoms with E-state index in [1.54, 1.807) is 18.2 Å². The fourth-order valence-electron chi connectivity index (χ4n) is 3.49. The van der Waals surface area contributed by atoms with Crippen molar-refractivity contribution < 1.29 is 5.32 Å². The lowest BCUT2D eigenvalue weighted by atomic mass is 9.85. The molecular formula is C23H29ClN3O+. The van der Waals surface area contributed by atoms with Crippen molar-refractivity contribution >= 4 is 22.5 Å². The van der Waals surface area contributed by atoms with Crippen LogP contribution < -0.4 is 10.9 Å². The summed E-state index contributed by atoms with van der Waals surface area (Å²) in [5.74, 6) is 1.11. The number of aromatic amines is 1. The van der Waals surface area contributed by atoms with Crippen LogP contribution in [0.5, 0.6) is 0 Å². The van der Waals surface area contributed by atoms with E-state index in [1.807, 2.05) is 0 Å². The molecule has 1 aromatic heterocycles. The molecule has 28 heavy (non-hydrogen) atoms. The molecule has 0 spiro atoms. The molecule has 0 aliphatic carbocycles. The highest BCUT2D eigenvalue weighted by Gasteiger charge is 2.21. The van der Waals surface area contributed by atoms with Gasteiger partial charge in [-0.25, -0.2) is 4.98 Å². The van der Waals surface area contributed by atoms with Crippen LogP contribution in [0.4, 0.5) is 0 Å². The second-order valence-electron chi connectivity index (χ2n) is 8.76. The van der Waals surface area contributed by atoms with Gasteiger partial charge in [0.1, 0.15) is 12.6 Å². The molecule has 5 heteroatoms. The predicted molar refractivity (Wildman–Crippen MR) is 116 cm³/mol. The first-order valence-electron chi connectivity index (χ1n) is 9.77. The summed E-state index contributed by atoms with van der Waals surface area (Å²) < 4.78 is 0. The van der Waals surface area contributed by atoms with Gasteiger partial charge in [-0.05, 0) is 29.2 Å². The number of nitrogens with two attached hydrogens (primary N) is 1. The van der Waals surface area contributed by atoms with E-state index in [1.165, 1.54) is 11.1 Å². The Hall–Kier alpha value is -2.17. The second-order valence-corrected chi connectivity index (χ2v) is 9.19. The van der Waals surface area contributed by atoms with Crippen molar-refractivity contribution in [2.24, 2.45) is 5.92 Å². The maximum atomic E-state index is 12.3. The van der Waals surface area contributed by atoms with Gasteiger partial charge in [-0.1, -0.05) is 70.5 Å². The van der Waals surface area contributed by atoms with Gasteiger partial charge in [-0.3, -0.25) is 4.79 Å². The molecule has 3 rings (SSSR count). The molecule has 3 aromatic rings. The van der Waals surface area contributed by atoms with Gasteiger partial charge in [0.05, 0.1) is 10.9 Å². The Morgan fingerprint density at radius 3 is 2.39 bits per heavy atom. The number of nitrogens with zero attached hydrogens (tertiary/aromatic N) is 1. The van der Waals surface area contributed by atoms with Crippen molar-refractivity contribution in [2.45, 2.75) is 52.6 Å². The minimum atomic E-state index is -0.124. The number of hydrogen-bond acceptors (Lipinski definition) is 2. The van der Waals surface area contributed by atoms with E-state index in [0.717, 1.165) is 0 Å². The molecule has 0 unspecified atom stereocenters. The van der Waals surface area contributed by atoms with Crippen molar-refractivity contribution in [3.05, 3.63) is 74.8 Å². The normalized spacial score (nSPS) is 13.2. The van der Waals surface area contributed by atoms with Gasteiger partial charge in [0.2, 0.25) is 0 Å². The van der Waals surface area contributed by atoms with E-state index in [9.17, 15) is 4.79 Å². The van der Waals surface area contributed by atoms with Gasteiger partial charge >= 0.3 is 0 Å². The minimum Gasteiger partial charge on any atom is -0.334 e. The van der Waals surface area contributed by atoms with E-state index in [4.69, 9.17) is 11.6 Å². The first kappa shape index (κ1) is 20.6. The van der Waals surface area contributed by atoms with E-state index in [0.29, 0.717) is 34.2 Å². The molecule has 0 fully saturated rings. The van der Waals surface area contributed by atoms with Crippen molar-refractivity contribution in [2.75, 3.05) is 0 Å². The highest BCUT2D eigenvalue weighted by molar-refractivity contribution is 6.31. The number of nitrogens with one attached hydrogen (secondary N) is 1. The number of rotatable bonds is 5. The number of halogens is 1. The van der Waals surface area contributed by atoms with Crippen LogP contribution in [0.1, 0.15) is 57.6 Å². The summed E-state index contributed by atoms with van der Waals surface area (Å²) >= 11 is 6.06. The average Bonchev–Trinajstić information content (AvgIpc) is 2.61. The van der Waals surface area contributed by atoms with Gasteiger partial charge < -0.3 is 10.3 Å². The molecule has 148 valence electrons. The summed E-state index contributed by atoms with van der Waals surface area (Å²) in [5, 5.41) is 3.39. The van der Waals surface area contributed by atoms with Crippen LogP contribution in [0.3, 0.4) is 0 Å². The van der Waals surface area contributed by atoms with Crippen LogP contribution in [0.15, 0.2) is 47.3 Å². The average molecular weight is 399 g/mol. The van der Waals surface area contributed by atoms with Gasteiger partial charge in [-0.15, -0.1) is 0 Å². The zero-order valence-electron chi connectivity index (χ0n) is 17.2. The molecule has 0 aliphatic rings. The molecule has 4 nitrogen and oxygen atoms in total. The highest BCUT2D eigenvalue weighted by Crippen LogP contribution is 2.25. The third-order valence-electron chi connectivity index (χ3n) is 5.16. The van der Waals surface area contributed by atoms with Crippen LogP contribution in [0, 0.1) is 5.92 Å². The smallest absolute Gasteiger partial charge is 0.258 e. The monoisotopic (exact) mass is 398 g/mol. The summed E-state index contributed by atoms with van der Waals surface area (Å²) in [6.45, 7) is 11.7. The Balaban J connectivity index is 1.82. The molecule has 0 aliphatic heterocycles. The van der Waals surface area contributed by atoms with E-state index >= 15 is 0 Å². The molecule has 0 bridgehead atoms. The fourth-order valence-corrected chi connectivity index (χ4v) is 3.66. The zero-order valence-corrected chi connectivity index (χ0v) is 18.0.